The van der Waals surface area contributed by atoms with Crippen molar-refractivity contribution in [1.29, 1.82) is 0 Å². The van der Waals surface area contributed by atoms with Crippen LogP contribution in [0.15, 0.2) is 0 Å². The minimum atomic E-state index is -0.108. The molecule has 0 spiro atoms. The van der Waals surface area contributed by atoms with Crippen LogP contribution in [0.1, 0.15) is 39.5 Å². The molecule has 110 valence electrons. The fourth-order valence-corrected chi connectivity index (χ4v) is 3.63. The van der Waals surface area contributed by atoms with E-state index in [1.54, 1.807) is 0 Å². The second kappa shape index (κ2) is 6.23. The number of rotatable bonds is 4. The molecule has 2 aliphatic heterocycles. The van der Waals surface area contributed by atoms with Crippen molar-refractivity contribution in [2.45, 2.75) is 45.6 Å². The number of nitrogens with zero attached hydrogens (tertiary/aromatic N) is 2. The van der Waals surface area contributed by atoms with E-state index in [9.17, 15) is 4.79 Å². The molecule has 0 aromatic heterocycles. The number of hydrogen-bond donors (Lipinski definition) is 1. The summed E-state index contributed by atoms with van der Waals surface area (Å²) in [6.07, 6.45) is 4.27. The predicted molar refractivity (Wildman–Crippen MR) is 78.1 cm³/mol. The van der Waals surface area contributed by atoms with E-state index in [-0.39, 0.29) is 5.41 Å². The minimum absolute atomic E-state index is 0.108. The molecule has 0 aromatic rings. The van der Waals surface area contributed by atoms with Crippen molar-refractivity contribution in [2.75, 3.05) is 39.8 Å². The van der Waals surface area contributed by atoms with Crippen LogP contribution in [0.2, 0.25) is 0 Å². The van der Waals surface area contributed by atoms with Gasteiger partial charge in [-0.05, 0) is 32.9 Å². The highest BCUT2D eigenvalue weighted by Crippen LogP contribution is 2.34. The Kier molecular flexibility index (Phi) is 4.85. The minimum Gasteiger partial charge on any atom is -0.339 e. The maximum absolute atomic E-state index is 12.9. The summed E-state index contributed by atoms with van der Waals surface area (Å²) in [5, 5.41) is 3.39. The molecular weight excluding hydrogens is 238 g/mol. The number of carbonyl (C=O) groups excluding carboxylic acids is 1. The molecule has 2 fully saturated rings. The summed E-state index contributed by atoms with van der Waals surface area (Å²) >= 11 is 0. The maximum atomic E-state index is 12.9. The van der Waals surface area contributed by atoms with Crippen molar-refractivity contribution in [3.63, 3.8) is 0 Å². The summed E-state index contributed by atoms with van der Waals surface area (Å²) in [6.45, 7) is 9.11. The van der Waals surface area contributed by atoms with Crippen LogP contribution in [-0.2, 0) is 4.79 Å². The second-order valence-corrected chi connectivity index (χ2v) is 6.25. The number of hydrogen-bond acceptors (Lipinski definition) is 3. The Hall–Kier alpha value is -0.610. The van der Waals surface area contributed by atoms with Gasteiger partial charge in [-0.1, -0.05) is 20.3 Å². The third-order valence-electron chi connectivity index (χ3n) is 4.96. The smallest absolute Gasteiger partial charge is 0.230 e. The topological polar surface area (TPSA) is 35.6 Å². The fraction of sp³-hybridized carbons (Fsp3) is 0.933. The average Bonchev–Trinajstić information content (AvgIpc) is 2.89. The Labute approximate surface area is 117 Å². The zero-order chi connectivity index (χ0) is 13.9. The van der Waals surface area contributed by atoms with E-state index in [0.717, 1.165) is 58.4 Å². The van der Waals surface area contributed by atoms with Gasteiger partial charge in [-0.3, -0.25) is 9.69 Å². The Bertz CT molecular complexity index is 313. The summed E-state index contributed by atoms with van der Waals surface area (Å²) in [4.78, 5) is 17.5. The van der Waals surface area contributed by atoms with Crippen LogP contribution in [0.3, 0.4) is 0 Å². The van der Waals surface area contributed by atoms with E-state index < -0.39 is 0 Å². The van der Waals surface area contributed by atoms with Gasteiger partial charge in [0, 0.05) is 32.2 Å². The number of nitrogens with one attached hydrogen (secondary N) is 1. The van der Waals surface area contributed by atoms with E-state index in [2.05, 4.69) is 36.0 Å². The molecule has 19 heavy (non-hydrogen) atoms. The number of likely N-dealkylation sites (N-methyl/N-ethyl adjacent to an activating group) is 1. The molecule has 0 aliphatic carbocycles. The number of carbonyl (C=O) groups is 1. The van der Waals surface area contributed by atoms with E-state index in [1.165, 1.54) is 0 Å². The van der Waals surface area contributed by atoms with Crippen LogP contribution in [0.5, 0.6) is 0 Å². The van der Waals surface area contributed by atoms with Gasteiger partial charge in [0.05, 0.1) is 5.41 Å². The second-order valence-electron chi connectivity index (χ2n) is 6.25. The molecule has 2 unspecified atom stereocenters. The molecule has 2 heterocycles. The third kappa shape index (κ3) is 2.95. The molecule has 0 aromatic carbocycles. The predicted octanol–water partition coefficient (Wildman–Crippen LogP) is 1.32. The lowest BCUT2D eigenvalue weighted by Crippen LogP contribution is -2.56. The standard InChI is InChI=1S/C15H29N3O/c1-4-6-15(7-8-16-12-15)14(19)18-10-9-17(3)13(5-2)11-18/h13,16H,4-12H2,1-3H3. The Morgan fingerprint density at radius 1 is 1.37 bits per heavy atom. The first-order chi connectivity index (χ1) is 9.13. The van der Waals surface area contributed by atoms with Crippen molar-refractivity contribution in [3.8, 4) is 0 Å². The fourth-order valence-electron chi connectivity index (χ4n) is 3.63. The third-order valence-corrected chi connectivity index (χ3v) is 4.96. The summed E-state index contributed by atoms with van der Waals surface area (Å²) in [5.41, 5.74) is -0.108. The van der Waals surface area contributed by atoms with Gasteiger partial charge in [0.2, 0.25) is 5.91 Å². The van der Waals surface area contributed by atoms with E-state index in [0.29, 0.717) is 11.9 Å². The lowest BCUT2D eigenvalue weighted by Gasteiger charge is -2.42. The van der Waals surface area contributed by atoms with Gasteiger partial charge in [0.25, 0.3) is 0 Å². The molecule has 0 radical (unpaired) electrons. The molecule has 2 atom stereocenters. The molecular formula is C15H29N3O. The lowest BCUT2D eigenvalue weighted by molar-refractivity contribution is -0.144. The lowest BCUT2D eigenvalue weighted by atomic mass is 9.80. The van der Waals surface area contributed by atoms with E-state index in [4.69, 9.17) is 0 Å². The van der Waals surface area contributed by atoms with Crippen LogP contribution < -0.4 is 5.32 Å². The zero-order valence-electron chi connectivity index (χ0n) is 12.7. The van der Waals surface area contributed by atoms with Crippen molar-refractivity contribution >= 4 is 5.91 Å². The highest BCUT2D eigenvalue weighted by molar-refractivity contribution is 5.83. The molecule has 2 rings (SSSR count). The first-order valence-corrected chi connectivity index (χ1v) is 7.83. The van der Waals surface area contributed by atoms with Crippen molar-refractivity contribution in [1.82, 2.24) is 15.1 Å². The highest BCUT2D eigenvalue weighted by atomic mass is 16.2. The van der Waals surface area contributed by atoms with Crippen LogP contribution in [-0.4, -0.2) is 61.5 Å². The summed E-state index contributed by atoms with van der Waals surface area (Å²) in [7, 11) is 2.18. The van der Waals surface area contributed by atoms with Crippen molar-refractivity contribution in [3.05, 3.63) is 0 Å². The van der Waals surface area contributed by atoms with Crippen LogP contribution in [0, 0.1) is 5.41 Å². The normalized spacial score (nSPS) is 32.8. The monoisotopic (exact) mass is 267 g/mol. The maximum Gasteiger partial charge on any atom is 0.230 e. The molecule has 0 saturated carbocycles. The molecule has 2 saturated heterocycles. The first-order valence-electron chi connectivity index (χ1n) is 7.83. The molecule has 4 nitrogen and oxygen atoms in total. The Balaban J connectivity index is 2.05. The van der Waals surface area contributed by atoms with Gasteiger partial charge in [0.15, 0.2) is 0 Å². The summed E-state index contributed by atoms with van der Waals surface area (Å²) in [6, 6.07) is 0.533. The van der Waals surface area contributed by atoms with Crippen molar-refractivity contribution in [2.24, 2.45) is 5.41 Å². The van der Waals surface area contributed by atoms with Crippen LogP contribution >= 0.6 is 0 Å². The zero-order valence-corrected chi connectivity index (χ0v) is 12.7. The average molecular weight is 267 g/mol. The first kappa shape index (κ1) is 14.8. The summed E-state index contributed by atoms with van der Waals surface area (Å²) in [5.74, 6) is 0.408. The molecule has 0 bridgehead atoms. The molecule has 2 aliphatic rings. The number of piperazine rings is 1. The van der Waals surface area contributed by atoms with E-state index in [1.807, 2.05) is 0 Å². The SMILES string of the molecule is CCCC1(C(=O)N2CCN(C)C(CC)C2)CCNC1. The van der Waals surface area contributed by atoms with Gasteiger partial charge in [-0.25, -0.2) is 0 Å². The Morgan fingerprint density at radius 3 is 2.74 bits per heavy atom. The summed E-state index contributed by atoms with van der Waals surface area (Å²) < 4.78 is 0. The van der Waals surface area contributed by atoms with Gasteiger partial charge >= 0.3 is 0 Å². The van der Waals surface area contributed by atoms with Gasteiger partial charge < -0.3 is 10.2 Å². The number of amides is 1. The van der Waals surface area contributed by atoms with Crippen LogP contribution in [0.4, 0.5) is 0 Å². The largest absolute Gasteiger partial charge is 0.339 e. The van der Waals surface area contributed by atoms with Gasteiger partial charge in [0.1, 0.15) is 0 Å². The quantitative estimate of drug-likeness (QED) is 0.834. The van der Waals surface area contributed by atoms with Crippen LogP contribution in [0.25, 0.3) is 0 Å². The Morgan fingerprint density at radius 2 is 2.16 bits per heavy atom. The molecule has 1 amide bonds. The van der Waals surface area contributed by atoms with Crippen molar-refractivity contribution < 1.29 is 4.79 Å². The molecule has 4 heteroatoms. The molecule has 1 N–H and O–H groups in total. The van der Waals surface area contributed by atoms with Gasteiger partial charge in [-0.2, -0.15) is 0 Å². The van der Waals surface area contributed by atoms with Gasteiger partial charge in [-0.15, -0.1) is 0 Å². The van der Waals surface area contributed by atoms with E-state index >= 15 is 0 Å². The highest BCUT2D eigenvalue weighted by Gasteiger charge is 2.43.